The molecule has 0 saturated heterocycles. The maximum Gasteiger partial charge on any atom is 0.274 e. The van der Waals surface area contributed by atoms with E-state index in [2.05, 4.69) is 15.3 Å². The number of ether oxygens (including phenoxy) is 1. The van der Waals surface area contributed by atoms with Crippen LogP contribution < -0.4 is 15.8 Å². The number of rotatable bonds is 5. The van der Waals surface area contributed by atoms with Crippen LogP contribution in [0.3, 0.4) is 0 Å². The van der Waals surface area contributed by atoms with Gasteiger partial charge in [-0.2, -0.15) is 0 Å². The number of carbonyl (C=O) groups is 1. The van der Waals surface area contributed by atoms with Gasteiger partial charge in [0.15, 0.2) is 0 Å². The second-order valence-corrected chi connectivity index (χ2v) is 8.71. The molecule has 1 aromatic carbocycles. The Morgan fingerprint density at radius 3 is 2.51 bits per heavy atom. The van der Waals surface area contributed by atoms with E-state index >= 15 is 0 Å². The average Bonchev–Trinajstić information content (AvgIpc) is 2.83. The van der Waals surface area contributed by atoms with E-state index in [1.807, 2.05) is 6.92 Å². The Hall–Kier alpha value is -3.50. The lowest BCUT2D eigenvalue weighted by Crippen LogP contribution is -2.44. The zero-order valence-electron chi connectivity index (χ0n) is 19.1. The van der Waals surface area contributed by atoms with E-state index in [1.165, 1.54) is 13.3 Å². The highest BCUT2D eigenvalue weighted by Gasteiger charge is 2.34. The number of methoxy groups -OCH3 is 1. The lowest BCUT2D eigenvalue weighted by atomic mass is 9.74. The number of anilines is 1. The molecule has 0 spiro atoms. The maximum atomic E-state index is 14.5. The van der Waals surface area contributed by atoms with Gasteiger partial charge < -0.3 is 20.9 Å². The second-order valence-electron chi connectivity index (χ2n) is 8.71. The Morgan fingerprint density at radius 2 is 1.86 bits per heavy atom. The van der Waals surface area contributed by atoms with E-state index in [-0.39, 0.29) is 23.3 Å². The third-order valence-corrected chi connectivity index (χ3v) is 6.34. The molecule has 1 amide bonds. The summed E-state index contributed by atoms with van der Waals surface area (Å²) < 4.78 is 48.4. The van der Waals surface area contributed by atoms with Crippen molar-refractivity contribution in [3.05, 3.63) is 71.4 Å². The number of nitrogens with zero attached hydrogens (tertiary/aromatic N) is 2. The first-order chi connectivity index (χ1) is 16.7. The summed E-state index contributed by atoms with van der Waals surface area (Å²) in [5.41, 5.74) is 5.72. The van der Waals surface area contributed by atoms with Crippen molar-refractivity contribution >= 4 is 11.6 Å². The smallest absolute Gasteiger partial charge is 0.274 e. The van der Waals surface area contributed by atoms with E-state index in [0.717, 1.165) is 29.8 Å². The van der Waals surface area contributed by atoms with Crippen molar-refractivity contribution in [3.8, 4) is 17.0 Å². The summed E-state index contributed by atoms with van der Waals surface area (Å²) in [6.45, 7) is 1.91. The fraction of sp³-hybridized carbons (Fsp3) is 0.320. The van der Waals surface area contributed by atoms with Crippen LogP contribution in [0.25, 0.3) is 11.3 Å². The third kappa shape index (κ3) is 4.98. The van der Waals surface area contributed by atoms with Crippen molar-refractivity contribution in [1.82, 2.24) is 9.97 Å². The molecule has 1 saturated carbocycles. The van der Waals surface area contributed by atoms with Gasteiger partial charge in [-0.3, -0.25) is 9.78 Å². The molecule has 4 N–H and O–H groups in total. The number of hydrogen-bond acceptors (Lipinski definition) is 6. The number of aromatic nitrogens is 2. The number of hydrogen-bond donors (Lipinski definition) is 3. The predicted molar refractivity (Wildman–Crippen MR) is 123 cm³/mol. The van der Waals surface area contributed by atoms with Gasteiger partial charge >= 0.3 is 0 Å². The molecule has 1 aliphatic carbocycles. The molecule has 0 radical (unpaired) electrons. The molecule has 0 aliphatic heterocycles. The highest BCUT2D eigenvalue weighted by Crippen LogP contribution is 2.38. The van der Waals surface area contributed by atoms with E-state index in [0.29, 0.717) is 18.5 Å². The van der Waals surface area contributed by atoms with Gasteiger partial charge in [-0.15, -0.1) is 0 Å². The average molecular weight is 486 g/mol. The van der Waals surface area contributed by atoms with Gasteiger partial charge in [0.05, 0.1) is 30.7 Å². The topological polar surface area (TPSA) is 110 Å². The zero-order chi connectivity index (χ0) is 25.3. The Labute approximate surface area is 200 Å². The number of nitrogens with two attached hydrogens (primary N) is 1. The summed E-state index contributed by atoms with van der Waals surface area (Å²) in [6.07, 6.45) is 3.65. The van der Waals surface area contributed by atoms with E-state index in [9.17, 15) is 23.1 Å². The minimum absolute atomic E-state index is 0.0269. The summed E-state index contributed by atoms with van der Waals surface area (Å²) >= 11 is 0. The highest BCUT2D eigenvalue weighted by atomic mass is 19.1. The molecule has 10 heteroatoms. The molecule has 1 aliphatic rings. The normalized spacial score (nSPS) is 22.0. The van der Waals surface area contributed by atoms with Crippen LogP contribution >= 0.6 is 0 Å². The number of pyridine rings is 2. The van der Waals surface area contributed by atoms with Crippen LogP contribution in [-0.2, 0) is 0 Å². The van der Waals surface area contributed by atoms with Crippen LogP contribution in [0, 0.1) is 23.4 Å². The molecule has 2 aromatic heterocycles. The number of halogens is 3. The fourth-order valence-electron chi connectivity index (χ4n) is 4.52. The van der Waals surface area contributed by atoms with Crippen LogP contribution in [0.15, 0.2) is 42.7 Å². The van der Waals surface area contributed by atoms with Crippen molar-refractivity contribution < 1.29 is 27.8 Å². The maximum absolute atomic E-state index is 14.5. The SMILES string of the molecule is COc1cc(F)c(-c2nc(C(=O)Nc3cnccc3C3CC(C)C(O)C(N)C3)ccc2F)c(F)c1. The number of nitrogens with one attached hydrogen (secondary N) is 1. The first-order valence-corrected chi connectivity index (χ1v) is 11.1. The third-order valence-electron chi connectivity index (χ3n) is 6.34. The molecule has 4 rings (SSSR count). The predicted octanol–water partition coefficient (Wildman–Crippen LogP) is 4.02. The molecular formula is C25H25F3N4O3. The zero-order valence-corrected chi connectivity index (χ0v) is 19.1. The lowest BCUT2D eigenvalue weighted by Gasteiger charge is -2.36. The summed E-state index contributed by atoms with van der Waals surface area (Å²) in [5.74, 6) is -3.99. The number of aliphatic hydroxyl groups is 1. The van der Waals surface area contributed by atoms with E-state index in [1.54, 1.807) is 12.3 Å². The molecule has 0 bridgehead atoms. The second kappa shape index (κ2) is 10.0. The van der Waals surface area contributed by atoms with E-state index in [4.69, 9.17) is 10.5 Å². The number of aliphatic hydroxyl groups excluding tert-OH is 1. The molecule has 3 aromatic rings. The number of carbonyl (C=O) groups excluding carboxylic acids is 1. The monoisotopic (exact) mass is 486 g/mol. The van der Waals surface area contributed by atoms with Crippen molar-refractivity contribution in [2.75, 3.05) is 12.4 Å². The van der Waals surface area contributed by atoms with Gasteiger partial charge in [-0.25, -0.2) is 18.2 Å². The number of benzene rings is 1. The first-order valence-electron chi connectivity index (χ1n) is 11.1. The van der Waals surface area contributed by atoms with Gasteiger partial charge in [-0.1, -0.05) is 6.92 Å². The molecule has 35 heavy (non-hydrogen) atoms. The van der Waals surface area contributed by atoms with Gasteiger partial charge in [0.1, 0.15) is 34.6 Å². The Morgan fingerprint density at radius 1 is 1.14 bits per heavy atom. The van der Waals surface area contributed by atoms with Crippen LogP contribution in [0.2, 0.25) is 0 Å². The van der Waals surface area contributed by atoms with Gasteiger partial charge in [-0.05, 0) is 48.4 Å². The molecule has 2 heterocycles. The molecule has 4 atom stereocenters. The summed E-state index contributed by atoms with van der Waals surface area (Å²) in [4.78, 5) is 21.0. The quantitative estimate of drug-likeness (QED) is 0.503. The van der Waals surface area contributed by atoms with Gasteiger partial charge in [0.2, 0.25) is 0 Å². The largest absolute Gasteiger partial charge is 0.497 e. The van der Waals surface area contributed by atoms with Gasteiger partial charge in [0, 0.05) is 24.4 Å². The molecule has 4 unspecified atom stereocenters. The van der Waals surface area contributed by atoms with Crippen LogP contribution in [-0.4, -0.2) is 40.2 Å². The first kappa shape index (κ1) is 24.6. The summed E-state index contributed by atoms with van der Waals surface area (Å²) in [6, 6.07) is 5.22. The fourth-order valence-corrected chi connectivity index (χ4v) is 4.52. The van der Waals surface area contributed by atoms with Crippen molar-refractivity contribution in [2.24, 2.45) is 11.7 Å². The molecule has 7 nitrogen and oxygen atoms in total. The van der Waals surface area contributed by atoms with Crippen LogP contribution in [0.1, 0.15) is 41.7 Å². The minimum atomic E-state index is -1.08. The van der Waals surface area contributed by atoms with Crippen LogP contribution in [0.4, 0.5) is 18.9 Å². The van der Waals surface area contributed by atoms with Crippen molar-refractivity contribution in [2.45, 2.75) is 37.8 Å². The highest BCUT2D eigenvalue weighted by molar-refractivity contribution is 6.03. The summed E-state index contributed by atoms with van der Waals surface area (Å²) in [7, 11) is 1.24. The number of amides is 1. The Balaban J connectivity index is 1.64. The molecule has 1 fully saturated rings. The van der Waals surface area contributed by atoms with E-state index < -0.39 is 46.8 Å². The lowest BCUT2D eigenvalue weighted by molar-refractivity contribution is 0.0521. The Bertz CT molecular complexity index is 1220. The molecular weight excluding hydrogens is 461 g/mol. The standard InChI is InChI=1S/C25H25F3N4O3/c1-12-7-13(8-19(29)24(12)33)15-5-6-30-11-21(15)32-25(34)20-4-3-16(26)23(31-20)22-17(27)9-14(35-2)10-18(22)28/h3-6,9-13,19,24,33H,7-8,29H2,1-2H3,(H,32,34). The minimum Gasteiger partial charge on any atom is -0.497 e. The molecule has 184 valence electrons. The Kier molecular flexibility index (Phi) is 7.04. The summed E-state index contributed by atoms with van der Waals surface area (Å²) in [5, 5.41) is 12.9. The van der Waals surface area contributed by atoms with Crippen LogP contribution in [0.5, 0.6) is 5.75 Å². The van der Waals surface area contributed by atoms with Gasteiger partial charge in [0.25, 0.3) is 5.91 Å². The van der Waals surface area contributed by atoms with Crippen molar-refractivity contribution in [3.63, 3.8) is 0 Å². The van der Waals surface area contributed by atoms with Crippen molar-refractivity contribution in [1.29, 1.82) is 0 Å².